The van der Waals surface area contributed by atoms with Crippen molar-refractivity contribution in [3.63, 3.8) is 0 Å². The summed E-state index contributed by atoms with van der Waals surface area (Å²) in [5.74, 6) is 0.822. The topological polar surface area (TPSA) is 88.4 Å². The minimum absolute atomic E-state index is 0. The molecule has 0 radical (unpaired) electrons. The van der Waals surface area contributed by atoms with Crippen molar-refractivity contribution >= 4 is 39.8 Å². The summed E-state index contributed by atoms with van der Waals surface area (Å²) in [6, 6.07) is 0.0250. The Kier molecular flexibility index (Phi) is 9.11. The summed E-state index contributed by atoms with van der Waals surface area (Å²) in [6.45, 7) is 6.58. The third-order valence-corrected chi connectivity index (χ3v) is 4.60. The average molecular weight is 457 g/mol. The lowest BCUT2D eigenvalue weighted by molar-refractivity contribution is 0.581. The summed E-state index contributed by atoms with van der Waals surface area (Å²) in [7, 11) is 0.682. The first-order valence-corrected chi connectivity index (χ1v) is 9.34. The summed E-state index contributed by atoms with van der Waals surface area (Å²) in [4.78, 5) is 4.17. The number of nitrogens with one attached hydrogen (secondary N) is 2. The van der Waals surface area contributed by atoms with Crippen molar-refractivity contribution < 1.29 is 8.42 Å². The highest BCUT2D eigenvalue weighted by Gasteiger charge is 2.12. The van der Waals surface area contributed by atoms with E-state index < -0.39 is 9.84 Å². The van der Waals surface area contributed by atoms with Crippen LogP contribution in [-0.2, 0) is 23.4 Å². The van der Waals surface area contributed by atoms with E-state index in [4.69, 9.17) is 0 Å². The highest BCUT2D eigenvalue weighted by molar-refractivity contribution is 14.0. The number of halogens is 1. The van der Waals surface area contributed by atoms with Gasteiger partial charge in [0.05, 0.1) is 11.4 Å². The number of hydrogen-bond acceptors (Lipinski definition) is 4. The van der Waals surface area contributed by atoms with E-state index in [9.17, 15) is 8.42 Å². The Hall–Kier alpha value is -0.840. The van der Waals surface area contributed by atoms with Gasteiger partial charge in [-0.05, 0) is 27.2 Å². The summed E-state index contributed by atoms with van der Waals surface area (Å²) in [6.07, 6.45) is 1.80. The van der Waals surface area contributed by atoms with Gasteiger partial charge in [-0.25, -0.2) is 8.42 Å². The molecule has 1 rings (SSSR count). The van der Waals surface area contributed by atoms with Crippen LogP contribution in [0.4, 0.5) is 0 Å². The van der Waals surface area contributed by atoms with Gasteiger partial charge in [0.2, 0.25) is 0 Å². The van der Waals surface area contributed by atoms with Crippen LogP contribution in [0.25, 0.3) is 0 Å². The van der Waals surface area contributed by atoms with E-state index in [2.05, 4.69) is 20.7 Å². The summed E-state index contributed by atoms with van der Waals surface area (Å²) in [5, 5.41) is 10.8. The zero-order chi connectivity index (χ0) is 16.9. The van der Waals surface area contributed by atoms with Crippen LogP contribution in [0.3, 0.4) is 0 Å². The van der Waals surface area contributed by atoms with Gasteiger partial charge in [-0.2, -0.15) is 5.10 Å². The maximum absolute atomic E-state index is 11.2. The van der Waals surface area contributed by atoms with Crippen molar-refractivity contribution in [2.24, 2.45) is 12.0 Å². The molecule has 0 aromatic carbocycles. The Bertz CT molecular complexity index is 640. The highest BCUT2D eigenvalue weighted by Crippen LogP contribution is 2.11. The molecule has 0 aliphatic carbocycles. The number of aryl methyl sites for hydroxylation is 2. The van der Waals surface area contributed by atoms with Gasteiger partial charge in [-0.15, -0.1) is 24.0 Å². The van der Waals surface area contributed by atoms with Gasteiger partial charge in [0.25, 0.3) is 0 Å². The van der Waals surface area contributed by atoms with Gasteiger partial charge in [0, 0.05) is 44.2 Å². The maximum atomic E-state index is 11.2. The second-order valence-corrected chi connectivity index (χ2v) is 7.92. The van der Waals surface area contributed by atoms with Crippen LogP contribution in [0.1, 0.15) is 30.3 Å². The van der Waals surface area contributed by atoms with Crippen LogP contribution in [0.15, 0.2) is 4.99 Å². The van der Waals surface area contributed by atoms with Crippen LogP contribution < -0.4 is 10.6 Å². The SMILES string of the molecule is CN=C(NCc1c(C)nn(C)c1C)NC(C)CCS(C)(=O)=O.I. The van der Waals surface area contributed by atoms with Gasteiger partial charge in [-0.3, -0.25) is 9.67 Å². The molecule has 134 valence electrons. The number of hydrogen-bond donors (Lipinski definition) is 2. The molecule has 1 unspecified atom stereocenters. The lowest BCUT2D eigenvalue weighted by Crippen LogP contribution is -2.42. The molecule has 0 aliphatic rings. The van der Waals surface area contributed by atoms with Gasteiger partial charge in [0.1, 0.15) is 9.84 Å². The largest absolute Gasteiger partial charge is 0.354 e. The van der Waals surface area contributed by atoms with Gasteiger partial charge in [0.15, 0.2) is 5.96 Å². The van der Waals surface area contributed by atoms with E-state index in [0.717, 1.165) is 17.0 Å². The number of guanidine groups is 1. The van der Waals surface area contributed by atoms with Gasteiger partial charge in [-0.1, -0.05) is 0 Å². The summed E-state index contributed by atoms with van der Waals surface area (Å²) < 4.78 is 24.3. The third-order valence-electron chi connectivity index (χ3n) is 3.62. The first-order chi connectivity index (χ1) is 10.1. The molecule has 1 aromatic rings. The molecule has 7 nitrogen and oxygen atoms in total. The fourth-order valence-corrected chi connectivity index (χ4v) is 2.92. The van der Waals surface area contributed by atoms with E-state index >= 15 is 0 Å². The van der Waals surface area contributed by atoms with Crippen LogP contribution in [-0.4, -0.2) is 49.3 Å². The molecule has 0 saturated heterocycles. The van der Waals surface area contributed by atoms with E-state index in [1.807, 2.05) is 32.5 Å². The highest BCUT2D eigenvalue weighted by atomic mass is 127. The van der Waals surface area contributed by atoms with Crippen molar-refractivity contribution in [3.05, 3.63) is 17.0 Å². The minimum Gasteiger partial charge on any atom is -0.354 e. The minimum atomic E-state index is -2.94. The quantitative estimate of drug-likeness (QED) is 0.380. The fourth-order valence-electron chi connectivity index (χ4n) is 2.14. The van der Waals surface area contributed by atoms with E-state index in [1.54, 1.807) is 7.05 Å². The Labute approximate surface area is 156 Å². The molecule has 0 fully saturated rings. The molecule has 0 bridgehead atoms. The zero-order valence-electron chi connectivity index (χ0n) is 14.7. The molecular weight excluding hydrogens is 429 g/mol. The Balaban J connectivity index is 0.00000484. The summed E-state index contributed by atoms with van der Waals surface area (Å²) in [5.41, 5.74) is 3.26. The molecule has 23 heavy (non-hydrogen) atoms. The standard InChI is InChI=1S/C14H27N5O2S.HI/c1-10(7-8-22(6,20)21)17-14(15-4)16-9-13-11(2)18-19(5)12(13)3;/h10H,7-9H2,1-6H3,(H2,15,16,17);1H. The third kappa shape index (κ3) is 7.51. The number of aliphatic imine (C=N–C) groups is 1. The van der Waals surface area contributed by atoms with Crippen molar-refractivity contribution in [1.82, 2.24) is 20.4 Å². The molecule has 1 aromatic heterocycles. The van der Waals surface area contributed by atoms with Crippen LogP contribution >= 0.6 is 24.0 Å². The van der Waals surface area contributed by atoms with E-state index in [1.165, 1.54) is 6.26 Å². The van der Waals surface area contributed by atoms with Crippen LogP contribution in [0, 0.1) is 13.8 Å². The van der Waals surface area contributed by atoms with E-state index in [0.29, 0.717) is 18.9 Å². The Morgan fingerprint density at radius 2 is 2.00 bits per heavy atom. The molecule has 0 spiro atoms. The zero-order valence-corrected chi connectivity index (χ0v) is 17.8. The van der Waals surface area contributed by atoms with Crippen molar-refractivity contribution in [3.8, 4) is 0 Å². The van der Waals surface area contributed by atoms with Crippen molar-refractivity contribution in [2.45, 2.75) is 39.8 Å². The predicted molar refractivity (Wildman–Crippen MR) is 105 cm³/mol. The fraction of sp³-hybridized carbons (Fsp3) is 0.714. The first kappa shape index (κ1) is 22.2. The number of rotatable bonds is 6. The molecule has 0 saturated carbocycles. The second-order valence-electron chi connectivity index (χ2n) is 5.66. The van der Waals surface area contributed by atoms with Gasteiger partial charge < -0.3 is 10.6 Å². The molecular formula is C14H28IN5O2S. The van der Waals surface area contributed by atoms with E-state index in [-0.39, 0.29) is 35.8 Å². The molecule has 9 heteroatoms. The van der Waals surface area contributed by atoms with Crippen molar-refractivity contribution in [1.29, 1.82) is 0 Å². The molecule has 0 aliphatic heterocycles. The molecule has 1 atom stereocenters. The second kappa shape index (κ2) is 9.45. The monoisotopic (exact) mass is 457 g/mol. The van der Waals surface area contributed by atoms with Crippen LogP contribution in [0.5, 0.6) is 0 Å². The van der Waals surface area contributed by atoms with Gasteiger partial charge >= 0.3 is 0 Å². The maximum Gasteiger partial charge on any atom is 0.191 e. The summed E-state index contributed by atoms with van der Waals surface area (Å²) >= 11 is 0. The molecule has 2 N–H and O–H groups in total. The Morgan fingerprint density at radius 1 is 1.39 bits per heavy atom. The molecule has 1 heterocycles. The Morgan fingerprint density at radius 3 is 2.43 bits per heavy atom. The van der Waals surface area contributed by atoms with Crippen LogP contribution in [0.2, 0.25) is 0 Å². The van der Waals surface area contributed by atoms with Crippen molar-refractivity contribution in [2.75, 3.05) is 19.1 Å². The number of sulfone groups is 1. The molecule has 0 amide bonds. The number of aromatic nitrogens is 2. The predicted octanol–water partition coefficient (Wildman–Crippen LogP) is 1.14. The first-order valence-electron chi connectivity index (χ1n) is 7.28. The lowest BCUT2D eigenvalue weighted by Gasteiger charge is -2.17. The lowest BCUT2D eigenvalue weighted by atomic mass is 10.2. The normalized spacial score (nSPS) is 13.4. The average Bonchev–Trinajstić information content (AvgIpc) is 2.65. The smallest absolute Gasteiger partial charge is 0.191 e. The number of nitrogens with zero attached hydrogens (tertiary/aromatic N) is 3.